The minimum absolute atomic E-state index is 0.251. The lowest BCUT2D eigenvalue weighted by molar-refractivity contribution is -0.0103. The summed E-state index contributed by atoms with van der Waals surface area (Å²) in [6, 6.07) is 0. The zero-order valence-electron chi connectivity index (χ0n) is 13.2. The Balaban J connectivity index is 1.35. The molecular formula is C17H25N3O2. The molecule has 0 N–H and O–H groups in total. The first-order valence-electron chi connectivity index (χ1n) is 8.92. The summed E-state index contributed by atoms with van der Waals surface area (Å²) in [6.07, 6.45) is 8.27. The van der Waals surface area contributed by atoms with E-state index in [1.54, 1.807) is 0 Å². The first kappa shape index (κ1) is 13.5. The number of aromatic nitrogens is 2. The van der Waals surface area contributed by atoms with Crippen molar-refractivity contribution in [3.8, 4) is 0 Å². The van der Waals surface area contributed by atoms with E-state index in [2.05, 4.69) is 10.1 Å². The fraction of sp³-hybridized carbons (Fsp3) is 0.882. The third kappa shape index (κ3) is 2.21. The average Bonchev–Trinajstić information content (AvgIpc) is 2.96. The molecule has 22 heavy (non-hydrogen) atoms. The van der Waals surface area contributed by atoms with Crippen LogP contribution in [-0.4, -0.2) is 41.3 Å². The lowest BCUT2D eigenvalue weighted by atomic mass is 9.49. The maximum Gasteiger partial charge on any atom is 0.240 e. The molecule has 2 heterocycles. The molecule has 1 aromatic heterocycles. The van der Waals surface area contributed by atoms with Crippen LogP contribution in [0.1, 0.15) is 50.2 Å². The molecule has 0 atom stereocenters. The zero-order chi connectivity index (χ0) is 14.6. The molecule has 0 radical (unpaired) electrons. The summed E-state index contributed by atoms with van der Waals surface area (Å²) in [6.45, 7) is 4.35. The monoisotopic (exact) mass is 303 g/mol. The normalized spacial score (nSPS) is 41.2. The number of morpholine rings is 1. The van der Waals surface area contributed by atoms with Crippen molar-refractivity contribution in [1.29, 1.82) is 0 Å². The quantitative estimate of drug-likeness (QED) is 0.858. The largest absolute Gasteiger partial charge is 0.379 e. The third-order valence-corrected chi connectivity index (χ3v) is 6.44. The first-order valence-corrected chi connectivity index (χ1v) is 8.92. The average molecular weight is 303 g/mol. The van der Waals surface area contributed by atoms with Gasteiger partial charge in [0.1, 0.15) is 0 Å². The van der Waals surface area contributed by atoms with Crippen molar-refractivity contribution in [2.24, 2.45) is 17.8 Å². The molecule has 120 valence electrons. The van der Waals surface area contributed by atoms with Crippen LogP contribution in [0.4, 0.5) is 0 Å². The van der Waals surface area contributed by atoms with Crippen LogP contribution < -0.4 is 0 Å². The van der Waals surface area contributed by atoms with Crippen LogP contribution >= 0.6 is 0 Å². The van der Waals surface area contributed by atoms with Crippen LogP contribution in [0.5, 0.6) is 0 Å². The Morgan fingerprint density at radius 1 is 1.00 bits per heavy atom. The van der Waals surface area contributed by atoms with Gasteiger partial charge >= 0.3 is 0 Å². The Morgan fingerprint density at radius 2 is 1.64 bits per heavy atom. The molecule has 5 aliphatic rings. The highest BCUT2D eigenvalue weighted by Crippen LogP contribution is 2.60. The van der Waals surface area contributed by atoms with Gasteiger partial charge in [-0.25, -0.2) is 0 Å². The van der Waals surface area contributed by atoms with Crippen LogP contribution in [0.25, 0.3) is 0 Å². The number of rotatable bonds is 3. The van der Waals surface area contributed by atoms with Crippen molar-refractivity contribution in [2.45, 2.75) is 50.5 Å². The predicted octanol–water partition coefficient (Wildman–Crippen LogP) is 2.37. The molecule has 4 saturated carbocycles. The molecule has 6 rings (SSSR count). The van der Waals surface area contributed by atoms with Crippen molar-refractivity contribution >= 4 is 0 Å². The summed E-state index contributed by atoms with van der Waals surface area (Å²) in [4.78, 5) is 7.18. The van der Waals surface area contributed by atoms with Gasteiger partial charge in [-0.15, -0.1) is 0 Å². The minimum atomic E-state index is 0.251. The highest BCUT2D eigenvalue weighted by Gasteiger charge is 2.53. The van der Waals surface area contributed by atoms with Crippen LogP contribution in [0.3, 0.4) is 0 Å². The van der Waals surface area contributed by atoms with Crippen molar-refractivity contribution in [2.75, 3.05) is 26.3 Å². The molecule has 5 heteroatoms. The Morgan fingerprint density at radius 3 is 2.27 bits per heavy atom. The molecule has 5 fully saturated rings. The van der Waals surface area contributed by atoms with Crippen LogP contribution in [0.15, 0.2) is 4.52 Å². The molecule has 1 aliphatic heterocycles. The van der Waals surface area contributed by atoms with Gasteiger partial charge in [0.05, 0.1) is 19.8 Å². The molecule has 1 saturated heterocycles. The smallest absolute Gasteiger partial charge is 0.240 e. The predicted molar refractivity (Wildman–Crippen MR) is 80.2 cm³/mol. The van der Waals surface area contributed by atoms with Crippen molar-refractivity contribution in [3.63, 3.8) is 0 Å². The van der Waals surface area contributed by atoms with Gasteiger partial charge in [0.25, 0.3) is 0 Å². The second kappa shape index (κ2) is 5.03. The molecule has 0 amide bonds. The van der Waals surface area contributed by atoms with E-state index in [-0.39, 0.29) is 5.41 Å². The fourth-order valence-electron chi connectivity index (χ4n) is 5.87. The van der Waals surface area contributed by atoms with Crippen LogP contribution in [0.2, 0.25) is 0 Å². The van der Waals surface area contributed by atoms with E-state index in [0.717, 1.165) is 62.3 Å². The van der Waals surface area contributed by atoms with E-state index < -0.39 is 0 Å². The standard InChI is InChI=1S/C17H25N3O2/c1-3-21-4-2-20(1)11-15-18-16(19-22-15)17-8-12-5-13(9-17)7-14(6-12)10-17/h12-14H,1-11H2. The van der Waals surface area contributed by atoms with Gasteiger partial charge in [0.2, 0.25) is 5.89 Å². The SMILES string of the molecule is C1CN(Cc2nc(C34CC5CC(CC(C5)C3)C4)no2)CCO1. The van der Waals surface area contributed by atoms with Crippen molar-refractivity contribution in [3.05, 3.63) is 11.7 Å². The van der Waals surface area contributed by atoms with E-state index >= 15 is 0 Å². The summed E-state index contributed by atoms with van der Waals surface area (Å²) in [5.41, 5.74) is 0.251. The summed E-state index contributed by atoms with van der Waals surface area (Å²) in [7, 11) is 0. The van der Waals surface area contributed by atoms with Gasteiger partial charge in [-0.1, -0.05) is 5.16 Å². The highest BCUT2D eigenvalue weighted by atomic mass is 16.5. The van der Waals surface area contributed by atoms with Crippen LogP contribution in [0, 0.1) is 17.8 Å². The summed E-state index contributed by atoms with van der Waals surface area (Å²) >= 11 is 0. The van der Waals surface area contributed by atoms with E-state index in [1.807, 2.05) is 0 Å². The minimum Gasteiger partial charge on any atom is -0.379 e. The maximum atomic E-state index is 5.61. The van der Waals surface area contributed by atoms with E-state index in [4.69, 9.17) is 14.2 Å². The number of hydrogen-bond donors (Lipinski definition) is 0. The Bertz CT molecular complexity index is 515. The fourth-order valence-corrected chi connectivity index (χ4v) is 5.87. The second-order valence-corrected chi connectivity index (χ2v) is 8.10. The summed E-state index contributed by atoms with van der Waals surface area (Å²) in [5, 5.41) is 4.43. The molecule has 0 unspecified atom stereocenters. The van der Waals surface area contributed by atoms with Gasteiger partial charge in [0.15, 0.2) is 5.82 Å². The van der Waals surface area contributed by atoms with Gasteiger partial charge in [-0.2, -0.15) is 4.98 Å². The zero-order valence-corrected chi connectivity index (χ0v) is 13.2. The highest BCUT2D eigenvalue weighted by molar-refractivity contribution is 5.16. The molecule has 1 aromatic rings. The second-order valence-electron chi connectivity index (χ2n) is 8.10. The topological polar surface area (TPSA) is 51.4 Å². The number of ether oxygens (including phenoxy) is 1. The molecule has 0 spiro atoms. The van der Waals surface area contributed by atoms with Gasteiger partial charge in [-0.05, 0) is 56.3 Å². The molecule has 4 bridgehead atoms. The van der Waals surface area contributed by atoms with E-state index in [0.29, 0.717) is 0 Å². The maximum absolute atomic E-state index is 5.61. The Kier molecular flexibility index (Phi) is 3.09. The van der Waals surface area contributed by atoms with E-state index in [1.165, 1.54) is 38.5 Å². The molecule has 0 aromatic carbocycles. The third-order valence-electron chi connectivity index (χ3n) is 6.44. The van der Waals surface area contributed by atoms with E-state index in [9.17, 15) is 0 Å². The molecule has 5 nitrogen and oxygen atoms in total. The Labute approximate surface area is 131 Å². The van der Waals surface area contributed by atoms with Crippen LogP contribution in [-0.2, 0) is 16.7 Å². The van der Waals surface area contributed by atoms with Gasteiger partial charge in [0, 0.05) is 18.5 Å². The Hall–Kier alpha value is -0.940. The van der Waals surface area contributed by atoms with Gasteiger partial charge < -0.3 is 9.26 Å². The summed E-state index contributed by atoms with van der Waals surface area (Å²) in [5.74, 6) is 4.59. The number of hydrogen-bond acceptors (Lipinski definition) is 5. The number of nitrogens with zero attached hydrogens (tertiary/aromatic N) is 3. The van der Waals surface area contributed by atoms with Crippen molar-refractivity contribution in [1.82, 2.24) is 15.0 Å². The molecule has 4 aliphatic carbocycles. The van der Waals surface area contributed by atoms with Gasteiger partial charge in [-0.3, -0.25) is 4.90 Å². The molecular weight excluding hydrogens is 278 g/mol. The lowest BCUT2D eigenvalue weighted by Crippen LogP contribution is -2.49. The first-order chi connectivity index (χ1) is 10.8. The summed E-state index contributed by atoms with van der Waals surface area (Å²) < 4.78 is 11.0. The lowest BCUT2D eigenvalue weighted by Gasteiger charge is -2.55. The van der Waals surface area contributed by atoms with Crippen molar-refractivity contribution < 1.29 is 9.26 Å².